The third kappa shape index (κ3) is 3.70. The zero-order valence-corrected chi connectivity index (χ0v) is 13.0. The van der Waals surface area contributed by atoms with Gasteiger partial charge in [-0.05, 0) is 18.9 Å². The zero-order valence-electron chi connectivity index (χ0n) is 11.3. The van der Waals surface area contributed by atoms with Gasteiger partial charge in [-0.25, -0.2) is 8.42 Å². The molecule has 9 heteroatoms. The van der Waals surface area contributed by atoms with Crippen molar-refractivity contribution in [2.75, 3.05) is 13.1 Å². The van der Waals surface area contributed by atoms with Gasteiger partial charge < -0.3 is 5.73 Å². The smallest absolute Gasteiger partial charge is 0.270 e. The minimum absolute atomic E-state index is 0. The molecular weight excluding hydrogens is 318 g/mol. The molecule has 1 aromatic rings. The fourth-order valence-electron chi connectivity index (χ4n) is 2.42. The second kappa shape index (κ2) is 7.17. The van der Waals surface area contributed by atoms with Gasteiger partial charge in [0.1, 0.15) is 0 Å². The molecule has 1 heterocycles. The number of piperidine rings is 1. The number of halogens is 1. The highest BCUT2D eigenvalue weighted by Gasteiger charge is 2.33. The minimum Gasteiger partial charge on any atom is -0.329 e. The fourth-order valence-corrected chi connectivity index (χ4v) is 4.16. The summed E-state index contributed by atoms with van der Waals surface area (Å²) in [4.78, 5) is 10.1. The van der Waals surface area contributed by atoms with Crippen LogP contribution in [0.2, 0.25) is 0 Å². The molecule has 1 aliphatic rings. The summed E-state index contributed by atoms with van der Waals surface area (Å²) in [6, 6.07) is 4.90. The Bertz CT molecular complexity index is 608. The van der Waals surface area contributed by atoms with Gasteiger partial charge in [-0.3, -0.25) is 10.1 Å². The van der Waals surface area contributed by atoms with Crippen molar-refractivity contribution in [2.45, 2.75) is 30.2 Å². The third-order valence-electron chi connectivity index (χ3n) is 3.48. The van der Waals surface area contributed by atoms with E-state index >= 15 is 0 Å². The second-order valence-corrected chi connectivity index (χ2v) is 6.65. The Morgan fingerprint density at radius 2 is 2.10 bits per heavy atom. The van der Waals surface area contributed by atoms with E-state index in [0.29, 0.717) is 6.54 Å². The number of sulfonamides is 1. The zero-order chi connectivity index (χ0) is 14.8. The molecule has 1 fully saturated rings. The summed E-state index contributed by atoms with van der Waals surface area (Å²) in [5.41, 5.74) is 5.40. The number of hydrogen-bond acceptors (Lipinski definition) is 5. The number of nitrogens with two attached hydrogens (primary N) is 1. The topological polar surface area (TPSA) is 107 Å². The maximum absolute atomic E-state index is 12.6. The summed E-state index contributed by atoms with van der Waals surface area (Å²) in [5, 5.41) is 10.8. The molecule has 0 aliphatic carbocycles. The van der Waals surface area contributed by atoms with Crippen LogP contribution in [0.1, 0.15) is 19.3 Å². The molecule has 21 heavy (non-hydrogen) atoms. The predicted molar refractivity (Wildman–Crippen MR) is 80.9 cm³/mol. The molecule has 0 amide bonds. The van der Waals surface area contributed by atoms with Crippen LogP contribution in [0.25, 0.3) is 0 Å². The molecule has 0 radical (unpaired) electrons. The van der Waals surface area contributed by atoms with Crippen molar-refractivity contribution in [1.29, 1.82) is 0 Å². The normalized spacial score (nSPS) is 19.8. The fraction of sp³-hybridized carbons (Fsp3) is 0.500. The molecule has 118 valence electrons. The molecule has 2 rings (SSSR count). The molecule has 0 saturated carbocycles. The van der Waals surface area contributed by atoms with Crippen molar-refractivity contribution in [1.82, 2.24) is 4.31 Å². The standard InChI is InChI=1S/C12H17N3O4S.ClH/c13-9-11-4-1-2-7-14(11)20(18,19)12-6-3-5-10(8-12)15(16)17;/h3,5-6,8,11H,1-2,4,7,9,13H2;1H. The van der Waals surface area contributed by atoms with Crippen LogP contribution in [-0.2, 0) is 10.0 Å². The molecule has 1 aliphatic heterocycles. The van der Waals surface area contributed by atoms with E-state index in [2.05, 4.69) is 0 Å². The lowest BCUT2D eigenvalue weighted by molar-refractivity contribution is -0.385. The van der Waals surface area contributed by atoms with Crippen LogP contribution < -0.4 is 5.73 Å². The molecule has 1 aromatic carbocycles. The van der Waals surface area contributed by atoms with Crippen LogP contribution >= 0.6 is 12.4 Å². The van der Waals surface area contributed by atoms with Crippen LogP contribution in [0.4, 0.5) is 5.69 Å². The third-order valence-corrected chi connectivity index (χ3v) is 5.43. The molecular formula is C12H18ClN3O4S. The first kappa shape index (κ1) is 17.8. The van der Waals surface area contributed by atoms with Crippen LogP contribution in [0.3, 0.4) is 0 Å². The predicted octanol–water partition coefficient (Wildman–Crippen LogP) is 1.52. The summed E-state index contributed by atoms with van der Waals surface area (Å²) in [6.07, 6.45) is 2.46. The summed E-state index contributed by atoms with van der Waals surface area (Å²) < 4.78 is 26.5. The Kier molecular flexibility index (Phi) is 6.09. The number of rotatable bonds is 4. The van der Waals surface area contributed by atoms with Crippen LogP contribution in [-0.4, -0.2) is 36.8 Å². The van der Waals surface area contributed by atoms with Crippen molar-refractivity contribution in [3.8, 4) is 0 Å². The monoisotopic (exact) mass is 335 g/mol. The Labute approximate surface area is 129 Å². The summed E-state index contributed by atoms with van der Waals surface area (Å²) >= 11 is 0. The second-order valence-electron chi connectivity index (χ2n) is 4.76. The van der Waals surface area contributed by atoms with E-state index in [9.17, 15) is 18.5 Å². The highest BCUT2D eigenvalue weighted by molar-refractivity contribution is 7.89. The number of non-ortho nitro benzene ring substituents is 1. The lowest BCUT2D eigenvalue weighted by Gasteiger charge is -2.33. The first-order valence-corrected chi connectivity index (χ1v) is 7.87. The summed E-state index contributed by atoms with van der Waals surface area (Å²) in [6.45, 7) is 0.668. The number of benzene rings is 1. The molecule has 0 aromatic heterocycles. The molecule has 1 unspecified atom stereocenters. The Morgan fingerprint density at radius 3 is 2.71 bits per heavy atom. The van der Waals surface area contributed by atoms with E-state index in [1.165, 1.54) is 22.5 Å². The Morgan fingerprint density at radius 1 is 1.38 bits per heavy atom. The minimum atomic E-state index is -3.73. The van der Waals surface area contributed by atoms with Crippen LogP contribution in [0.15, 0.2) is 29.2 Å². The average Bonchev–Trinajstić information content (AvgIpc) is 2.47. The quantitative estimate of drug-likeness (QED) is 0.663. The van der Waals surface area contributed by atoms with E-state index < -0.39 is 14.9 Å². The van der Waals surface area contributed by atoms with Crippen molar-refractivity contribution in [2.24, 2.45) is 5.73 Å². The van der Waals surface area contributed by atoms with E-state index in [-0.39, 0.29) is 35.6 Å². The van der Waals surface area contributed by atoms with E-state index in [1.807, 2.05) is 0 Å². The van der Waals surface area contributed by atoms with Gasteiger partial charge in [0.2, 0.25) is 10.0 Å². The van der Waals surface area contributed by atoms with E-state index in [4.69, 9.17) is 5.73 Å². The van der Waals surface area contributed by atoms with Gasteiger partial charge in [0.15, 0.2) is 0 Å². The van der Waals surface area contributed by atoms with Crippen molar-refractivity contribution < 1.29 is 13.3 Å². The Balaban J connectivity index is 0.00000220. The van der Waals surface area contributed by atoms with Gasteiger partial charge in [0.25, 0.3) is 5.69 Å². The molecule has 1 saturated heterocycles. The van der Waals surface area contributed by atoms with Crippen LogP contribution in [0.5, 0.6) is 0 Å². The van der Waals surface area contributed by atoms with Gasteiger partial charge in [0.05, 0.1) is 9.82 Å². The first-order chi connectivity index (χ1) is 9.46. The average molecular weight is 336 g/mol. The summed E-state index contributed by atoms with van der Waals surface area (Å²) in [7, 11) is -3.73. The van der Waals surface area contributed by atoms with Crippen LogP contribution in [0, 0.1) is 10.1 Å². The highest BCUT2D eigenvalue weighted by atomic mass is 35.5. The molecule has 2 N–H and O–H groups in total. The summed E-state index contributed by atoms with van der Waals surface area (Å²) in [5.74, 6) is 0. The van der Waals surface area contributed by atoms with Gasteiger partial charge >= 0.3 is 0 Å². The van der Waals surface area contributed by atoms with Gasteiger partial charge in [-0.15, -0.1) is 12.4 Å². The molecule has 1 atom stereocenters. The van der Waals surface area contributed by atoms with Gasteiger partial charge in [-0.1, -0.05) is 12.5 Å². The SMILES string of the molecule is Cl.NCC1CCCCN1S(=O)(=O)c1cccc([N+](=O)[O-])c1. The van der Waals surface area contributed by atoms with Crippen molar-refractivity contribution >= 4 is 28.1 Å². The number of nitrogens with zero attached hydrogens (tertiary/aromatic N) is 2. The molecule has 0 bridgehead atoms. The lowest BCUT2D eigenvalue weighted by Crippen LogP contribution is -2.47. The van der Waals surface area contributed by atoms with Crippen molar-refractivity contribution in [3.05, 3.63) is 34.4 Å². The van der Waals surface area contributed by atoms with Crippen molar-refractivity contribution in [3.63, 3.8) is 0 Å². The van der Waals surface area contributed by atoms with Gasteiger partial charge in [-0.2, -0.15) is 4.31 Å². The number of hydrogen-bond donors (Lipinski definition) is 1. The largest absolute Gasteiger partial charge is 0.329 e. The number of nitro benzene ring substituents is 1. The van der Waals surface area contributed by atoms with E-state index in [1.54, 1.807) is 0 Å². The van der Waals surface area contributed by atoms with E-state index in [0.717, 1.165) is 25.3 Å². The van der Waals surface area contributed by atoms with Gasteiger partial charge in [0, 0.05) is 31.3 Å². The Hall–Kier alpha value is -1.22. The highest BCUT2D eigenvalue weighted by Crippen LogP contribution is 2.26. The lowest BCUT2D eigenvalue weighted by atomic mass is 10.1. The first-order valence-electron chi connectivity index (χ1n) is 6.43. The maximum Gasteiger partial charge on any atom is 0.270 e. The molecule has 7 nitrogen and oxygen atoms in total. The maximum atomic E-state index is 12.6. The number of nitro groups is 1. The molecule has 0 spiro atoms.